The van der Waals surface area contributed by atoms with E-state index in [1.54, 1.807) is 0 Å². The zero-order valence-corrected chi connectivity index (χ0v) is 7.14. The lowest BCUT2D eigenvalue weighted by atomic mass is 10.00. The smallest absolute Gasteiger partial charge is 0.306 e. The molecule has 1 N–H and O–H groups in total. The largest absolute Gasteiger partial charge is 0.481 e. The minimum atomic E-state index is -0.581. The molecule has 2 aliphatic rings. The van der Waals surface area contributed by atoms with Crippen LogP contribution in [0.4, 0.5) is 0 Å². The summed E-state index contributed by atoms with van der Waals surface area (Å²) < 4.78 is 0. The van der Waals surface area contributed by atoms with E-state index < -0.39 is 5.97 Å². The molecule has 2 nitrogen and oxygen atoms in total. The van der Waals surface area contributed by atoms with Crippen LogP contribution in [0.2, 0.25) is 0 Å². The van der Waals surface area contributed by atoms with Crippen molar-refractivity contribution in [3.05, 3.63) is 0 Å². The normalized spacial score (nSPS) is 42.4. The molecular weight excluding hydrogens is 160 g/mol. The second kappa shape index (κ2) is 2.70. The van der Waals surface area contributed by atoms with Gasteiger partial charge in [-0.1, -0.05) is 0 Å². The first-order valence-electron chi connectivity index (χ1n) is 4.14. The molecule has 0 aliphatic carbocycles. The summed E-state index contributed by atoms with van der Waals surface area (Å²) in [5.74, 6) is -0.615. The van der Waals surface area contributed by atoms with Crippen LogP contribution in [-0.2, 0) is 4.79 Å². The Balaban J connectivity index is 2.02. The standard InChI is InChI=1S/C8H12O2S/c9-8(10)5-3-6-1-2-7(4-5)11-6/h5-7H,1-4H2,(H,9,10)/t5?,6-,7+. The highest BCUT2D eigenvalue weighted by atomic mass is 32.2. The Kier molecular flexibility index (Phi) is 1.83. The van der Waals surface area contributed by atoms with E-state index >= 15 is 0 Å². The predicted molar refractivity (Wildman–Crippen MR) is 44.8 cm³/mol. The van der Waals surface area contributed by atoms with Crippen LogP contribution in [0, 0.1) is 5.92 Å². The van der Waals surface area contributed by atoms with E-state index in [9.17, 15) is 4.79 Å². The minimum Gasteiger partial charge on any atom is -0.481 e. The van der Waals surface area contributed by atoms with Gasteiger partial charge in [0.05, 0.1) is 5.92 Å². The van der Waals surface area contributed by atoms with Crippen LogP contribution in [0.5, 0.6) is 0 Å². The van der Waals surface area contributed by atoms with Crippen LogP contribution in [0.15, 0.2) is 0 Å². The summed E-state index contributed by atoms with van der Waals surface area (Å²) in [6, 6.07) is 0. The lowest BCUT2D eigenvalue weighted by molar-refractivity contribution is -0.142. The van der Waals surface area contributed by atoms with Gasteiger partial charge in [-0.3, -0.25) is 4.79 Å². The van der Waals surface area contributed by atoms with Crippen LogP contribution in [-0.4, -0.2) is 21.6 Å². The SMILES string of the molecule is O=C(O)C1C[C@H]2CC[C@@H](C1)S2. The van der Waals surface area contributed by atoms with Gasteiger partial charge in [0.25, 0.3) is 0 Å². The van der Waals surface area contributed by atoms with Gasteiger partial charge in [-0.15, -0.1) is 0 Å². The number of thioether (sulfide) groups is 1. The number of hydrogen-bond acceptors (Lipinski definition) is 2. The number of aliphatic carboxylic acids is 1. The molecule has 11 heavy (non-hydrogen) atoms. The van der Waals surface area contributed by atoms with E-state index in [0.29, 0.717) is 10.5 Å². The first-order chi connectivity index (χ1) is 5.25. The Labute approximate surface area is 70.4 Å². The quantitative estimate of drug-likeness (QED) is 0.654. The second-order valence-electron chi connectivity index (χ2n) is 3.46. The lowest BCUT2D eigenvalue weighted by Gasteiger charge is -2.23. The van der Waals surface area contributed by atoms with Crippen molar-refractivity contribution >= 4 is 17.7 Å². The summed E-state index contributed by atoms with van der Waals surface area (Å²) in [6.07, 6.45) is 4.32. The Bertz CT molecular complexity index is 169. The first kappa shape index (κ1) is 7.47. The molecule has 0 spiro atoms. The van der Waals surface area contributed by atoms with Crippen LogP contribution >= 0.6 is 11.8 Å². The number of rotatable bonds is 1. The molecule has 3 atom stereocenters. The Morgan fingerprint density at radius 2 is 1.82 bits per heavy atom. The zero-order chi connectivity index (χ0) is 7.84. The zero-order valence-electron chi connectivity index (χ0n) is 6.32. The fourth-order valence-corrected chi connectivity index (χ4v) is 3.83. The summed E-state index contributed by atoms with van der Waals surface area (Å²) in [5, 5.41) is 10.1. The maximum absolute atomic E-state index is 10.7. The van der Waals surface area contributed by atoms with Crippen molar-refractivity contribution in [2.24, 2.45) is 5.92 Å². The molecular formula is C8H12O2S. The molecule has 0 aromatic rings. The first-order valence-corrected chi connectivity index (χ1v) is 5.08. The molecule has 2 rings (SSSR count). The molecule has 0 aromatic carbocycles. The predicted octanol–water partition coefficient (Wildman–Crippen LogP) is 1.75. The number of hydrogen-bond donors (Lipinski definition) is 1. The Hall–Kier alpha value is -0.180. The fourth-order valence-electron chi connectivity index (χ4n) is 2.06. The van der Waals surface area contributed by atoms with Gasteiger partial charge >= 0.3 is 5.97 Å². The van der Waals surface area contributed by atoms with Crippen LogP contribution in [0.1, 0.15) is 25.7 Å². The second-order valence-corrected chi connectivity index (χ2v) is 5.07. The van der Waals surface area contributed by atoms with Crippen LogP contribution < -0.4 is 0 Å². The molecule has 0 aromatic heterocycles. The lowest BCUT2D eigenvalue weighted by Crippen LogP contribution is -2.24. The van der Waals surface area contributed by atoms with Gasteiger partial charge in [0, 0.05) is 10.5 Å². The molecule has 0 amide bonds. The van der Waals surface area contributed by atoms with E-state index in [-0.39, 0.29) is 5.92 Å². The summed E-state index contributed by atoms with van der Waals surface area (Å²) in [5.41, 5.74) is 0. The third-order valence-corrected chi connectivity index (χ3v) is 4.27. The third kappa shape index (κ3) is 1.39. The van der Waals surface area contributed by atoms with Crippen LogP contribution in [0.3, 0.4) is 0 Å². The van der Waals surface area contributed by atoms with Crippen molar-refractivity contribution in [3.8, 4) is 0 Å². The fraction of sp³-hybridized carbons (Fsp3) is 0.875. The highest BCUT2D eigenvalue weighted by Gasteiger charge is 2.37. The third-order valence-electron chi connectivity index (χ3n) is 2.64. The maximum Gasteiger partial charge on any atom is 0.306 e. The molecule has 2 heterocycles. The molecule has 0 saturated carbocycles. The summed E-state index contributed by atoms with van der Waals surface area (Å²) in [4.78, 5) is 10.7. The summed E-state index contributed by atoms with van der Waals surface area (Å²) >= 11 is 2.01. The average Bonchev–Trinajstić information content (AvgIpc) is 2.30. The van der Waals surface area contributed by atoms with Crippen LogP contribution in [0.25, 0.3) is 0 Å². The summed E-state index contributed by atoms with van der Waals surface area (Å²) in [6.45, 7) is 0. The molecule has 2 saturated heterocycles. The molecule has 62 valence electrons. The molecule has 2 fully saturated rings. The highest BCUT2D eigenvalue weighted by Crippen LogP contribution is 2.45. The van der Waals surface area contributed by atoms with Crippen molar-refractivity contribution in [2.45, 2.75) is 36.2 Å². The maximum atomic E-state index is 10.7. The Morgan fingerprint density at radius 3 is 2.27 bits per heavy atom. The van der Waals surface area contributed by atoms with Crippen molar-refractivity contribution in [1.29, 1.82) is 0 Å². The minimum absolute atomic E-state index is 0.0336. The molecule has 0 radical (unpaired) electrons. The number of carboxylic acid groups (broad SMARTS) is 1. The van der Waals surface area contributed by atoms with E-state index in [1.165, 1.54) is 12.8 Å². The van der Waals surface area contributed by atoms with Crippen molar-refractivity contribution in [1.82, 2.24) is 0 Å². The van der Waals surface area contributed by atoms with E-state index in [4.69, 9.17) is 5.11 Å². The van der Waals surface area contributed by atoms with Gasteiger partial charge in [-0.05, 0) is 25.7 Å². The van der Waals surface area contributed by atoms with Gasteiger partial charge < -0.3 is 5.11 Å². The number of carbonyl (C=O) groups is 1. The summed E-state index contributed by atoms with van der Waals surface area (Å²) in [7, 11) is 0. The number of fused-ring (bicyclic) bond motifs is 2. The van der Waals surface area contributed by atoms with E-state index in [2.05, 4.69) is 0 Å². The van der Waals surface area contributed by atoms with Gasteiger partial charge in [0.2, 0.25) is 0 Å². The monoisotopic (exact) mass is 172 g/mol. The molecule has 1 unspecified atom stereocenters. The molecule has 3 heteroatoms. The molecule has 2 aliphatic heterocycles. The number of carboxylic acids is 1. The van der Waals surface area contributed by atoms with Gasteiger partial charge in [0.1, 0.15) is 0 Å². The Morgan fingerprint density at radius 1 is 1.27 bits per heavy atom. The highest BCUT2D eigenvalue weighted by molar-refractivity contribution is 8.00. The van der Waals surface area contributed by atoms with Gasteiger partial charge in [-0.2, -0.15) is 11.8 Å². The van der Waals surface area contributed by atoms with Gasteiger partial charge in [0.15, 0.2) is 0 Å². The average molecular weight is 172 g/mol. The van der Waals surface area contributed by atoms with E-state index in [1.807, 2.05) is 11.8 Å². The van der Waals surface area contributed by atoms with E-state index in [0.717, 1.165) is 12.8 Å². The van der Waals surface area contributed by atoms with Crippen molar-refractivity contribution in [2.75, 3.05) is 0 Å². The topological polar surface area (TPSA) is 37.3 Å². The van der Waals surface area contributed by atoms with Crippen molar-refractivity contribution < 1.29 is 9.90 Å². The van der Waals surface area contributed by atoms with Crippen molar-refractivity contribution in [3.63, 3.8) is 0 Å². The molecule has 2 bridgehead atoms. The van der Waals surface area contributed by atoms with Gasteiger partial charge in [-0.25, -0.2) is 0 Å².